The molecule has 1 nitrogen and oxygen atoms in total. The Labute approximate surface area is 77.6 Å². The Morgan fingerprint density at radius 2 is 1.67 bits per heavy atom. The highest BCUT2D eigenvalue weighted by Crippen LogP contribution is 2.37. The molecule has 0 aliphatic heterocycles. The fourth-order valence-electron chi connectivity index (χ4n) is 0.958. The Kier molecular flexibility index (Phi) is 3.70. The highest BCUT2D eigenvalue weighted by atomic mass is 28.3. The molecule has 0 saturated heterocycles. The van der Waals surface area contributed by atoms with E-state index in [0.717, 1.165) is 12.8 Å². The van der Waals surface area contributed by atoms with E-state index < -0.39 is 8.07 Å². The van der Waals surface area contributed by atoms with Gasteiger partial charge in [0, 0.05) is 6.42 Å². The zero-order valence-electron chi connectivity index (χ0n) is 9.32. The molecule has 12 heavy (non-hydrogen) atoms. The first kappa shape index (κ1) is 11.9. The zero-order chi connectivity index (χ0) is 9.99. The Morgan fingerprint density at radius 1 is 1.25 bits per heavy atom. The molecule has 0 bridgehead atoms. The van der Waals surface area contributed by atoms with Crippen LogP contribution in [-0.4, -0.2) is 13.5 Å². The third-order valence-corrected chi connectivity index (χ3v) is 8.44. The summed E-state index contributed by atoms with van der Waals surface area (Å²) >= 11 is 0. The molecule has 0 N–H and O–H groups in total. The summed E-state index contributed by atoms with van der Waals surface area (Å²) in [4.78, 5) is 11.8. The molecule has 72 valence electrons. The molecule has 0 radical (unpaired) electrons. The van der Waals surface area contributed by atoms with Crippen LogP contribution in [0.3, 0.4) is 0 Å². The minimum atomic E-state index is -1.67. The van der Waals surface area contributed by atoms with Crippen molar-refractivity contribution in [2.45, 2.75) is 58.7 Å². The molecule has 0 aromatic rings. The van der Waals surface area contributed by atoms with Crippen LogP contribution < -0.4 is 0 Å². The van der Waals surface area contributed by atoms with E-state index in [4.69, 9.17) is 0 Å². The van der Waals surface area contributed by atoms with Crippen molar-refractivity contribution in [1.82, 2.24) is 0 Å². The summed E-state index contributed by atoms with van der Waals surface area (Å²) in [5, 5.41) is 0.733. The second-order valence-corrected chi connectivity index (χ2v) is 10.4. The summed E-state index contributed by atoms with van der Waals surface area (Å²) in [5.74, 6) is 0. The third-order valence-electron chi connectivity index (χ3n) is 3.05. The minimum Gasteiger partial charge on any atom is -0.305 e. The van der Waals surface area contributed by atoms with Crippen molar-refractivity contribution in [2.75, 3.05) is 0 Å². The van der Waals surface area contributed by atoms with E-state index in [-0.39, 0.29) is 5.04 Å². The van der Waals surface area contributed by atoms with Gasteiger partial charge in [-0.15, -0.1) is 0 Å². The van der Waals surface area contributed by atoms with E-state index in [1.54, 1.807) is 0 Å². The van der Waals surface area contributed by atoms with Crippen LogP contribution in [0, 0.1) is 0 Å². The van der Waals surface area contributed by atoms with E-state index in [1.165, 1.54) is 0 Å². The van der Waals surface area contributed by atoms with Crippen LogP contribution in [0.25, 0.3) is 0 Å². The molecule has 0 aromatic carbocycles. The summed E-state index contributed by atoms with van der Waals surface area (Å²) in [6.45, 7) is 13.0. The summed E-state index contributed by atoms with van der Waals surface area (Å²) in [6, 6.07) is 0. The van der Waals surface area contributed by atoms with Crippen LogP contribution in [0.5, 0.6) is 0 Å². The SMILES string of the molecule is CCCC(=O)[Si](C)(C)C(C)(C)C. The summed E-state index contributed by atoms with van der Waals surface area (Å²) in [7, 11) is -1.67. The summed E-state index contributed by atoms with van der Waals surface area (Å²) in [5.41, 5.74) is 0. The number of carbonyl (C=O) groups is 1. The molecule has 0 aliphatic carbocycles. The van der Waals surface area contributed by atoms with Crippen molar-refractivity contribution < 1.29 is 4.79 Å². The first-order valence-electron chi connectivity index (χ1n) is 4.76. The highest BCUT2D eigenvalue weighted by molar-refractivity contribution is 7.06. The molecule has 0 saturated carbocycles. The van der Waals surface area contributed by atoms with Gasteiger partial charge in [0.05, 0.1) is 0 Å². The van der Waals surface area contributed by atoms with Gasteiger partial charge in [-0.3, -0.25) is 0 Å². The maximum Gasteiger partial charge on any atom is 0.132 e. The number of hydrogen-bond acceptors (Lipinski definition) is 1. The van der Waals surface area contributed by atoms with E-state index in [1.807, 2.05) is 0 Å². The number of hydrogen-bond donors (Lipinski definition) is 0. The average molecular weight is 186 g/mol. The van der Waals surface area contributed by atoms with Gasteiger partial charge in [0.2, 0.25) is 0 Å². The summed E-state index contributed by atoms with van der Waals surface area (Å²) in [6.07, 6.45) is 1.77. The molecule has 0 aliphatic rings. The second-order valence-electron chi connectivity index (χ2n) is 5.05. The Balaban J connectivity index is 4.50. The average Bonchev–Trinajstić information content (AvgIpc) is 1.85. The maximum absolute atomic E-state index is 11.8. The van der Waals surface area contributed by atoms with Crippen LogP contribution in [0.4, 0.5) is 0 Å². The van der Waals surface area contributed by atoms with E-state index in [9.17, 15) is 4.79 Å². The van der Waals surface area contributed by atoms with Crippen molar-refractivity contribution >= 4 is 13.5 Å². The van der Waals surface area contributed by atoms with Crippen molar-refractivity contribution in [3.05, 3.63) is 0 Å². The van der Waals surface area contributed by atoms with E-state index >= 15 is 0 Å². The minimum absolute atomic E-state index is 0.208. The van der Waals surface area contributed by atoms with Crippen LogP contribution in [0.2, 0.25) is 18.1 Å². The predicted octanol–water partition coefficient (Wildman–Crippen LogP) is 3.40. The van der Waals surface area contributed by atoms with Gasteiger partial charge in [0.25, 0.3) is 0 Å². The summed E-state index contributed by atoms with van der Waals surface area (Å²) < 4.78 is 0. The molecular formula is C10H22OSi. The van der Waals surface area contributed by atoms with Gasteiger partial charge < -0.3 is 4.79 Å². The lowest BCUT2D eigenvalue weighted by Gasteiger charge is -2.35. The quantitative estimate of drug-likeness (QED) is 0.617. The van der Waals surface area contributed by atoms with Crippen LogP contribution in [0.1, 0.15) is 40.5 Å². The van der Waals surface area contributed by atoms with Crippen molar-refractivity contribution in [3.63, 3.8) is 0 Å². The van der Waals surface area contributed by atoms with E-state index in [2.05, 4.69) is 40.8 Å². The largest absolute Gasteiger partial charge is 0.305 e. The van der Waals surface area contributed by atoms with Gasteiger partial charge in [-0.1, -0.05) is 40.8 Å². The molecule has 0 rings (SSSR count). The Morgan fingerprint density at radius 3 is 1.92 bits per heavy atom. The van der Waals surface area contributed by atoms with Crippen LogP contribution in [0.15, 0.2) is 0 Å². The van der Waals surface area contributed by atoms with Crippen LogP contribution >= 0.6 is 0 Å². The second kappa shape index (κ2) is 3.73. The van der Waals surface area contributed by atoms with Gasteiger partial charge in [-0.2, -0.15) is 0 Å². The molecule has 0 unspecified atom stereocenters. The Bertz CT molecular complexity index is 165. The Hall–Kier alpha value is -0.113. The first-order chi connectivity index (χ1) is 5.23. The maximum atomic E-state index is 11.8. The molecule has 0 aromatic heterocycles. The smallest absolute Gasteiger partial charge is 0.132 e. The van der Waals surface area contributed by atoms with Gasteiger partial charge >= 0.3 is 0 Å². The molecule has 0 amide bonds. The number of carbonyl (C=O) groups excluding carboxylic acids is 1. The topological polar surface area (TPSA) is 17.1 Å². The van der Waals surface area contributed by atoms with E-state index in [0.29, 0.717) is 5.41 Å². The lowest BCUT2D eigenvalue weighted by atomic mass is 10.2. The lowest BCUT2D eigenvalue weighted by molar-refractivity contribution is -0.113. The molecule has 0 atom stereocenters. The number of rotatable bonds is 3. The van der Waals surface area contributed by atoms with Crippen molar-refractivity contribution in [1.29, 1.82) is 0 Å². The third kappa shape index (κ3) is 2.44. The monoisotopic (exact) mass is 186 g/mol. The highest BCUT2D eigenvalue weighted by Gasteiger charge is 2.40. The van der Waals surface area contributed by atoms with Crippen LogP contribution in [-0.2, 0) is 4.79 Å². The fraction of sp³-hybridized carbons (Fsp3) is 0.900. The standard InChI is InChI=1S/C10H22OSi/c1-7-8-9(11)12(5,6)10(2,3)4/h7-8H2,1-6H3. The first-order valence-corrected chi connectivity index (χ1v) is 7.76. The molecule has 2 heteroatoms. The molecule has 0 heterocycles. The van der Waals surface area contributed by atoms with Gasteiger partial charge in [-0.25, -0.2) is 0 Å². The van der Waals surface area contributed by atoms with Gasteiger partial charge in [0.15, 0.2) is 0 Å². The zero-order valence-corrected chi connectivity index (χ0v) is 10.3. The van der Waals surface area contributed by atoms with Gasteiger partial charge in [-0.05, 0) is 11.5 Å². The lowest BCUT2D eigenvalue weighted by Crippen LogP contribution is -2.46. The predicted molar refractivity (Wildman–Crippen MR) is 57.1 cm³/mol. The normalized spacial score (nSPS) is 13.2. The molecule has 0 fully saturated rings. The molecule has 0 spiro atoms. The van der Waals surface area contributed by atoms with Gasteiger partial charge in [0.1, 0.15) is 13.5 Å². The van der Waals surface area contributed by atoms with Crippen molar-refractivity contribution in [2.24, 2.45) is 0 Å². The van der Waals surface area contributed by atoms with Crippen molar-refractivity contribution in [3.8, 4) is 0 Å². The molecular weight excluding hydrogens is 164 g/mol. The fourth-order valence-corrected chi connectivity index (χ4v) is 2.67.